The van der Waals surface area contributed by atoms with Gasteiger partial charge in [0, 0.05) is 11.9 Å². The Morgan fingerprint density at radius 1 is 1.38 bits per heavy atom. The van der Waals surface area contributed by atoms with Crippen molar-refractivity contribution in [1.29, 1.82) is 0 Å². The van der Waals surface area contributed by atoms with E-state index in [-0.39, 0.29) is 32.8 Å². The minimum absolute atomic E-state index is 0.00347. The molecule has 0 aliphatic heterocycles. The second-order valence-electron chi connectivity index (χ2n) is 4.37. The van der Waals surface area contributed by atoms with Crippen LogP contribution in [0.25, 0.3) is 0 Å². The zero-order valence-corrected chi connectivity index (χ0v) is 12.7. The second kappa shape index (κ2) is 5.45. The van der Waals surface area contributed by atoms with Gasteiger partial charge in [-0.15, -0.1) is 0 Å². The fourth-order valence-corrected chi connectivity index (χ4v) is 3.63. The van der Waals surface area contributed by atoms with Gasteiger partial charge in [0.15, 0.2) is 15.7 Å². The van der Waals surface area contributed by atoms with E-state index in [9.17, 15) is 13.2 Å². The number of rotatable bonds is 4. The van der Waals surface area contributed by atoms with Gasteiger partial charge in [-0.25, -0.2) is 13.2 Å². The van der Waals surface area contributed by atoms with Gasteiger partial charge in [0.2, 0.25) is 5.89 Å². The number of carboxylic acid groups (broad SMARTS) is 1. The van der Waals surface area contributed by atoms with E-state index in [1.54, 1.807) is 0 Å². The molecule has 1 aromatic heterocycles. The fourth-order valence-electron chi connectivity index (χ4n) is 1.85. The summed E-state index contributed by atoms with van der Waals surface area (Å²) >= 11 is 5.80. The summed E-state index contributed by atoms with van der Waals surface area (Å²) in [4.78, 5) is 14.8. The van der Waals surface area contributed by atoms with E-state index in [0.29, 0.717) is 0 Å². The zero-order valence-electron chi connectivity index (χ0n) is 11.1. The van der Waals surface area contributed by atoms with Crippen molar-refractivity contribution in [2.45, 2.75) is 24.5 Å². The lowest BCUT2D eigenvalue weighted by Crippen LogP contribution is -2.11. The molecule has 0 spiro atoms. The predicted molar refractivity (Wildman–Crippen MR) is 73.1 cm³/mol. The number of aryl methyl sites for hydroxylation is 1. The lowest BCUT2D eigenvalue weighted by Gasteiger charge is -2.09. The molecule has 0 fully saturated rings. The van der Waals surface area contributed by atoms with Gasteiger partial charge in [0.1, 0.15) is 5.75 Å². The molecule has 9 heteroatoms. The van der Waals surface area contributed by atoms with Crippen molar-refractivity contribution in [2.75, 3.05) is 0 Å². The maximum absolute atomic E-state index is 12.4. The van der Waals surface area contributed by atoms with E-state index in [1.165, 1.54) is 26.0 Å². The first-order chi connectivity index (χ1) is 9.70. The molecule has 0 saturated heterocycles. The van der Waals surface area contributed by atoms with Gasteiger partial charge < -0.3 is 9.63 Å². The van der Waals surface area contributed by atoms with E-state index in [0.717, 1.165) is 0 Å². The minimum atomic E-state index is -3.84. The van der Waals surface area contributed by atoms with Crippen molar-refractivity contribution >= 4 is 27.4 Å². The molecule has 0 radical (unpaired) electrons. The van der Waals surface area contributed by atoms with Crippen LogP contribution in [0.2, 0.25) is 5.02 Å². The van der Waals surface area contributed by atoms with Crippen LogP contribution in [0.15, 0.2) is 21.6 Å². The first-order valence-corrected chi connectivity index (χ1v) is 7.79. The van der Waals surface area contributed by atoms with Crippen LogP contribution in [0.1, 0.15) is 27.6 Å². The summed E-state index contributed by atoms with van der Waals surface area (Å²) in [6, 6.07) is 2.42. The van der Waals surface area contributed by atoms with Gasteiger partial charge in [0.25, 0.3) is 0 Å². The lowest BCUT2D eigenvalue weighted by atomic mass is 10.1. The van der Waals surface area contributed by atoms with Crippen LogP contribution < -0.4 is 0 Å². The Bertz CT molecular complexity index is 813. The molecule has 7 nitrogen and oxygen atoms in total. The van der Waals surface area contributed by atoms with E-state index in [2.05, 4.69) is 10.1 Å². The third-order valence-corrected chi connectivity index (χ3v) is 4.73. The van der Waals surface area contributed by atoms with Crippen LogP contribution in [-0.2, 0) is 15.6 Å². The first kappa shape index (κ1) is 15.5. The molecule has 0 atom stereocenters. The normalized spacial score (nSPS) is 11.6. The SMILES string of the molecule is Cc1nc(CS(=O)(=O)c2cc(Cl)cc(C(=O)O)c2C)no1. The maximum Gasteiger partial charge on any atom is 0.336 e. The highest BCUT2D eigenvalue weighted by atomic mass is 35.5. The van der Waals surface area contributed by atoms with Crippen molar-refractivity contribution in [2.24, 2.45) is 0 Å². The summed E-state index contributed by atoms with van der Waals surface area (Å²) in [5, 5.41) is 12.6. The monoisotopic (exact) mass is 330 g/mol. The van der Waals surface area contributed by atoms with Crippen LogP contribution in [0, 0.1) is 13.8 Å². The summed E-state index contributed by atoms with van der Waals surface area (Å²) in [6.07, 6.45) is 0. The van der Waals surface area contributed by atoms with Gasteiger partial charge >= 0.3 is 5.97 Å². The Labute approximate surface area is 125 Å². The van der Waals surface area contributed by atoms with Crippen molar-refractivity contribution in [3.8, 4) is 0 Å². The number of carbonyl (C=O) groups is 1. The minimum Gasteiger partial charge on any atom is -0.478 e. The molecule has 2 aromatic rings. The van der Waals surface area contributed by atoms with Crippen molar-refractivity contribution in [3.05, 3.63) is 40.0 Å². The van der Waals surface area contributed by atoms with Crippen LogP contribution in [0.3, 0.4) is 0 Å². The third-order valence-electron chi connectivity index (χ3n) is 2.78. The van der Waals surface area contributed by atoms with Crippen LogP contribution in [0.5, 0.6) is 0 Å². The molecular formula is C12H11ClN2O5S. The molecule has 0 amide bonds. The molecular weight excluding hydrogens is 320 g/mol. The van der Waals surface area contributed by atoms with Gasteiger partial charge in [-0.3, -0.25) is 0 Å². The number of aromatic carboxylic acids is 1. The van der Waals surface area contributed by atoms with Crippen molar-refractivity contribution in [3.63, 3.8) is 0 Å². The van der Waals surface area contributed by atoms with Gasteiger partial charge in [-0.05, 0) is 24.6 Å². The van der Waals surface area contributed by atoms with E-state index in [4.69, 9.17) is 21.2 Å². The number of nitrogens with zero attached hydrogens (tertiary/aromatic N) is 2. The molecule has 0 saturated carbocycles. The van der Waals surface area contributed by atoms with Crippen molar-refractivity contribution < 1.29 is 22.8 Å². The fraction of sp³-hybridized carbons (Fsp3) is 0.250. The highest BCUT2D eigenvalue weighted by molar-refractivity contribution is 7.90. The average molecular weight is 331 g/mol. The Morgan fingerprint density at radius 2 is 2.05 bits per heavy atom. The highest BCUT2D eigenvalue weighted by Crippen LogP contribution is 2.26. The topological polar surface area (TPSA) is 110 Å². The molecule has 1 N–H and O–H groups in total. The average Bonchev–Trinajstić information content (AvgIpc) is 2.76. The number of sulfone groups is 1. The predicted octanol–water partition coefficient (Wildman–Crippen LogP) is 2.01. The van der Waals surface area contributed by atoms with Crippen LogP contribution >= 0.6 is 11.6 Å². The zero-order chi connectivity index (χ0) is 15.8. The number of hydrogen-bond donors (Lipinski definition) is 1. The molecule has 0 aliphatic rings. The molecule has 1 heterocycles. The lowest BCUT2D eigenvalue weighted by molar-refractivity contribution is 0.0696. The molecule has 112 valence electrons. The number of benzene rings is 1. The summed E-state index contributed by atoms with van der Waals surface area (Å²) in [7, 11) is -3.84. The first-order valence-electron chi connectivity index (χ1n) is 5.76. The van der Waals surface area contributed by atoms with Crippen molar-refractivity contribution in [1.82, 2.24) is 10.1 Å². The molecule has 0 bridgehead atoms. The molecule has 0 unspecified atom stereocenters. The maximum atomic E-state index is 12.4. The largest absolute Gasteiger partial charge is 0.478 e. The molecule has 2 rings (SSSR count). The van der Waals surface area contributed by atoms with Gasteiger partial charge in [0.05, 0.1) is 10.5 Å². The number of carboxylic acids is 1. The second-order valence-corrected chi connectivity index (χ2v) is 6.76. The quantitative estimate of drug-likeness (QED) is 0.912. The Balaban J connectivity index is 2.52. The molecule has 21 heavy (non-hydrogen) atoms. The Morgan fingerprint density at radius 3 is 2.57 bits per heavy atom. The van der Waals surface area contributed by atoms with E-state index < -0.39 is 21.6 Å². The summed E-state index contributed by atoms with van der Waals surface area (Å²) in [5.74, 6) is -1.50. The van der Waals surface area contributed by atoms with Gasteiger partial charge in [-0.2, -0.15) is 4.98 Å². The Kier molecular flexibility index (Phi) is 4.02. The summed E-state index contributed by atoms with van der Waals surface area (Å²) in [6.45, 7) is 2.95. The highest BCUT2D eigenvalue weighted by Gasteiger charge is 2.24. The summed E-state index contributed by atoms with van der Waals surface area (Å²) in [5.41, 5.74) is -0.0440. The smallest absolute Gasteiger partial charge is 0.336 e. The molecule has 1 aromatic carbocycles. The number of halogens is 1. The standard InChI is InChI=1S/C12H11ClN2O5S/c1-6-9(12(16)17)3-8(13)4-10(6)21(18,19)5-11-14-7(2)20-15-11/h3-4H,5H2,1-2H3,(H,16,17). The Hall–Kier alpha value is -1.93. The van der Waals surface area contributed by atoms with E-state index >= 15 is 0 Å². The van der Waals surface area contributed by atoms with E-state index in [1.807, 2.05) is 0 Å². The van der Waals surface area contributed by atoms with Crippen LogP contribution in [0.4, 0.5) is 0 Å². The number of aromatic nitrogens is 2. The van der Waals surface area contributed by atoms with Gasteiger partial charge in [-0.1, -0.05) is 16.8 Å². The third kappa shape index (κ3) is 3.22. The number of hydrogen-bond acceptors (Lipinski definition) is 6. The molecule has 0 aliphatic carbocycles. The summed E-state index contributed by atoms with van der Waals surface area (Å²) < 4.78 is 29.5. The van der Waals surface area contributed by atoms with Crippen LogP contribution in [-0.4, -0.2) is 29.6 Å².